The molecule has 1 N–H and O–H groups in total. The molecule has 5 heteroatoms. The fourth-order valence-corrected chi connectivity index (χ4v) is 3.82. The maximum Gasteiger partial charge on any atom is 0.248 e. The van der Waals surface area contributed by atoms with Gasteiger partial charge in [-0.05, 0) is 73.4 Å². The predicted molar refractivity (Wildman–Crippen MR) is 133 cm³/mol. The number of nitrogens with one attached hydrogen (secondary N) is 1. The second kappa shape index (κ2) is 9.25. The first-order valence-electron chi connectivity index (χ1n) is 10.7. The van der Waals surface area contributed by atoms with Gasteiger partial charge < -0.3 is 19.2 Å². The first-order chi connectivity index (χ1) is 15.9. The number of carbonyl (C=O) groups excluding carboxylic acids is 1. The van der Waals surface area contributed by atoms with Gasteiger partial charge in [-0.2, -0.15) is 0 Å². The van der Waals surface area contributed by atoms with E-state index >= 15 is 0 Å². The maximum atomic E-state index is 12.7. The van der Waals surface area contributed by atoms with Crippen molar-refractivity contribution >= 4 is 28.1 Å². The summed E-state index contributed by atoms with van der Waals surface area (Å²) in [6.45, 7) is 5.97. The number of carbonyl (C=O) groups is 1. The van der Waals surface area contributed by atoms with Crippen molar-refractivity contribution < 1.29 is 18.7 Å². The minimum Gasteiger partial charge on any atom is -0.497 e. The lowest BCUT2D eigenvalue weighted by Crippen LogP contribution is -2.09. The molecule has 5 nitrogen and oxygen atoms in total. The lowest BCUT2D eigenvalue weighted by atomic mass is 9.99. The van der Waals surface area contributed by atoms with Crippen molar-refractivity contribution in [2.45, 2.75) is 20.8 Å². The molecular formula is C28H27NO4. The van der Waals surface area contributed by atoms with Crippen LogP contribution in [0.1, 0.15) is 23.6 Å². The van der Waals surface area contributed by atoms with Crippen LogP contribution in [0.2, 0.25) is 0 Å². The van der Waals surface area contributed by atoms with Crippen LogP contribution < -0.4 is 14.8 Å². The molecule has 1 heterocycles. The van der Waals surface area contributed by atoms with Crippen LogP contribution in [0.4, 0.5) is 5.69 Å². The Morgan fingerprint density at radius 1 is 0.970 bits per heavy atom. The number of allylic oxidation sites excluding steroid dienone is 1. The van der Waals surface area contributed by atoms with Crippen molar-refractivity contribution in [3.63, 3.8) is 0 Å². The van der Waals surface area contributed by atoms with Crippen molar-refractivity contribution in [2.75, 3.05) is 19.5 Å². The van der Waals surface area contributed by atoms with Gasteiger partial charge in [-0.15, -0.1) is 0 Å². The Morgan fingerprint density at radius 3 is 2.52 bits per heavy atom. The average Bonchev–Trinajstić information content (AvgIpc) is 3.23. The van der Waals surface area contributed by atoms with E-state index in [2.05, 4.69) is 5.32 Å². The van der Waals surface area contributed by atoms with Gasteiger partial charge in [0.15, 0.2) is 0 Å². The molecule has 0 unspecified atom stereocenters. The molecule has 0 aliphatic carbocycles. The number of benzene rings is 3. The van der Waals surface area contributed by atoms with E-state index in [4.69, 9.17) is 13.9 Å². The van der Waals surface area contributed by atoms with Crippen molar-refractivity contribution in [3.8, 4) is 22.6 Å². The highest BCUT2D eigenvalue weighted by atomic mass is 16.5. The number of ether oxygens (including phenoxy) is 2. The van der Waals surface area contributed by atoms with Crippen LogP contribution >= 0.6 is 0 Å². The summed E-state index contributed by atoms with van der Waals surface area (Å²) >= 11 is 0. The summed E-state index contributed by atoms with van der Waals surface area (Å²) < 4.78 is 16.8. The number of aryl methyl sites for hydroxylation is 2. The quantitative estimate of drug-likeness (QED) is 0.335. The van der Waals surface area contributed by atoms with Crippen LogP contribution in [0, 0.1) is 13.8 Å². The Morgan fingerprint density at radius 2 is 1.79 bits per heavy atom. The third-order valence-electron chi connectivity index (χ3n) is 5.82. The predicted octanol–water partition coefficient (Wildman–Crippen LogP) is 6.78. The molecule has 0 fully saturated rings. The highest BCUT2D eigenvalue weighted by molar-refractivity contribution is 6.05. The number of amides is 1. The standard InChI is InChI=1S/C28H27NO4/c1-17-9-10-21(11-18(17)2)29-28(30)12-19(3)23-14-24-25(16-33-27(24)15-26(23)32-5)20-7-6-8-22(13-20)31-4/h6-16H,1-5H3,(H,29,30)/b19-12+. The summed E-state index contributed by atoms with van der Waals surface area (Å²) in [7, 11) is 3.26. The first-order valence-corrected chi connectivity index (χ1v) is 10.7. The second-order valence-electron chi connectivity index (χ2n) is 8.05. The van der Waals surface area contributed by atoms with Gasteiger partial charge in [-0.25, -0.2) is 0 Å². The summed E-state index contributed by atoms with van der Waals surface area (Å²) in [6, 6.07) is 17.5. The van der Waals surface area contributed by atoms with Gasteiger partial charge in [0.05, 0.1) is 20.5 Å². The molecule has 0 aliphatic heterocycles. The monoisotopic (exact) mass is 441 g/mol. The molecular weight excluding hydrogens is 414 g/mol. The molecule has 0 aliphatic rings. The highest BCUT2D eigenvalue weighted by Gasteiger charge is 2.15. The van der Waals surface area contributed by atoms with Crippen LogP contribution in [0.25, 0.3) is 27.7 Å². The number of anilines is 1. The molecule has 3 aromatic carbocycles. The van der Waals surface area contributed by atoms with E-state index in [-0.39, 0.29) is 5.91 Å². The minimum absolute atomic E-state index is 0.196. The van der Waals surface area contributed by atoms with Gasteiger partial charge >= 0.3 is 0 Å². The van der Waals surface area contributed by atoms with Crippen molar-refractivity contribution in [1.29, 1.82) is 0 Å². The molecule has 168 valence electrons. The van der Waals surface area contributed by atoms with E-state index in [9.17, 15) is 4.79 Å². The summed E-state index contributed by atoms with van der Waals surface area (Å²) in [5.74, 6) is 1.22. The summed E-state index contributed by atoms with van der Waals surface area (Å²) in [6.07, 6.45) is 3.32. The normalized spacial score (nSPS) is 11.5. The smallest absolute Gasteiger partial charge is 0.248 e. The Bertz CT molecular complexity index is 1360. The van der Waals surface area contributed by atoms with E-state index in [1.807, 2.05) is 75.4 Å². The fourth-order valence-electron chi connectivity index (χ4n) is 3.82. The second-order valence-corrected chi connectivity index (χ2v) is 8.05. The number of hydrogen-bond acceptors (Lipinski definition) is 4. The van der Waals surface area contributed by atoms with E-state index in [1.54, 1.807) is 26.6 Å². The van der Waals surface area contributed by atoms with E-state index < -0.39 is 0 Å². The molecule has 0 saturated carbocycles. The molecule has 4 rings (SSSR count). The molecule has 4 aromatic rings. The third kappa shape index (κ3) is 4.62. The SMILES string of the molecule is COc1cccc(-c2coc3cc(OC)c(/C(C)=C/C(=O)Nc4ccc(C)c(C)c4)cc23)c1. The summed E-state index contributed by atoms with van der Waals surface area (Å²) in [5.41, 5.74) is 7.33. The number of methoxy groups -OCH3 is 2. The lowest BCUT2D eigenvalue weighted by molar-refractivity contribution is -0.111. The summed E-state index contributed by atoms with van der Waals surface area (Å²) in [4.78, 5) is 12.7. The Balaban J connectivity index is 1.70. The van der Waals surface area contributed by atoms with Gasteiger partial charge in [-0.3, -0.25) is 4.79 Å². The highest BCUT2D eigenvalue weighted by Crippen LogP contribution is 2.38. The van der Waals surface area contributed by atoms with Crippen LogP contribution in [0.3, 0.4) is 0 Å². The fraction of sp³-hybridized carbons (Fsp3) is 0.179. The first kappa shape index (κ1) is 22.2. The van der Waals surface area contributed by atoms with Gasteiger partial charge in [0.1, 0.15) is 17.1 Å². The number of hydrogen-bond donors (Lipinski definition) is 1. The van der Waals surface area contributed by atoms with Crippen molar-refractivity contribution in [1.82, 2.24) is 0 Å². The van der Waals surface area contributed by atoms with E-state index in [1.165, 1.54) is 5.56 Å². The molecule has 0 atom stereocenters. The largest absolute Gasteiger partial charge is 0.497 e. The molecule has 0 radical (unpaired) electrons. The summed E-state index contributed by atoms with van der Waals surface area (Å²) in [5, 5.41) is 3.87. The molecule has 1 amide bonds. The Kier molecular flexibility index (Phi) is 6.22. The molecule has 0 spiro atoms. The number of fused-ring (bicyclic) bond motifs is 1. The maximum absolute atomic E-state index is 12.7. The van der Waals surface area contributed by atoms with Gasteiger partial charge in [0.2, 0.25) is 5.91 Å². The lowest BCUT2D eigenvalue weighted by Gasteiger charge is -2.11. The number of rotatable bonds is 6. The topological polar surface area (TPSA) is 60.7 Å². The zero-order chi connectivity index (χ0) is 23.5. The Labute approximate surface area is 193 Å². The van der Waals surface area contributed by atoms with Gasteiger partial charge in [-0.1, -0.05) is 18.2 Å². The molecule has 0 saturated heterocycles. The van der Waals surface area contributed by atoms with Crippen LogP contribution in [-0.2, 0) is 4.79 Å². The minimum atomic E-state index is -0.196. The van der Waals surface area contributed by atoms with Gasteiger partial charge in [0, 0.05) is 34.3 Å². The van der Waals surface area contributed by atoms with Crippen LogP contribution in [0.5, 0.6) is 11.5 Å². The van der Waals surface area contributed by atoms with E-state index in [0.717, 1.165) is 44.7 Å². The third-order valence-corrected chi connectivity index (χ3v) is 5.82. The van der Waals surface area contributed by atoms with Crippen LogP contribution in [0.15, 0.2) is 71.4 Å². The zero-order valence-electron chi connectivity index (χ0n) is 19.5. The van der Waals surface area contributed by atoms with E-state index in [0.29, 0.717) is 11.3 Å². The molecule has 0 bridgehead atoms. The van der Waals surface area contributed by atoms with Crippen LogP contribution in [-0.4, -0.2) is 20.1 Å². The Hall–Kier alpha value is -3.99. The molecule has 33 heavy (non-hydrogen) atoms. The molecule has 1 aromatic heterocycles. The zero-order valence-corrected chi connectivity index (χ0v) is 19.5. The number of furan rings is 1. The van der Waals surface area contributed by atoms with Crippen molar-refractivity contribution in [2.24, 2.45) is 0 Å². The van der Waals surface area contributed by atoms with Crippen molar-refractivity contribution in [3.05, 3.63) is 83.6 Å². The average molecular weight is 442 g/mol. The van der Waals surface area contributed by atoms with Gasteiger partial charge in [0.25, 0.3) is 0 Å².